The van der Waals surface area contributed by atoms with Gasteiger partial charge in [0.25, 0.3) is 0 Å². The Morgan fingerprint density at radius 1 is 1.59 bits per heavy atom. The number of aryl methyl sites for hydroxylation is 1. The zero-order chi connectivity index (χ0) is 11.5. The molecule has 2 N–H and O–H groups in total. The molecule has 0 aliphatic heterocycles. The highest BCUT2D eigenvalue weighted by Gasteiger charge is 2.27. The van der Waals surface area contributed by atoms with Crippen molar-refractivity contribution in [3.05, 3.63) is 29.6 Å². The summed E-state index contributed by atoms with van der Waals surface area (Å²) in [4.78, 5) is 10.7. The Hall–Kier alpha value is -0.850. The molecule has 17 heavy (non-hydrogen) atoms. The zero-order valence-electron chi connectivity index (χ0n) is 10.3. The van der Waals surface area contributed by atoms with Crippen LogP contribution in [-0.2, 0) is 6.54 Å². The van der Waals surface area contributed by atoms with Crippen molar-refractivity contribution in [3.8, 4) is 0 Å². The summed E-state index contributed by atoms with van der Waals surface area (Å²) in [7, 11) is 2.00. The van der Waals surface area contributed by atoms with E-state index in [4.69, 9.17) is 5.73 Å². The van der Waals surface area contributed by atoms with Crippen LogP contribution in [0.4, 0.5) is 0 Å². The maximum absolute atomic E-state index is 5.90. The van der Waals surface area contributed by atoms with E-state index in [9.17, 15) is 0 Å². The van der Waals surface area contributed by atoms with Gasteiger partial charge in [0.15, 0.2) is 5.96 Å². The van der Waals surface area contributed by atoms with Gasteiger partial charge in [-0.15, -0.1) is 24.0 Å². The molecule has 0 atom stereocenters. The number of hydrogen-bond donors (Lipinski definition) is 1. The molecule has 1 aliphatic rings. The highest BCUT2D eigenvalue weighted by atomic mass is 127. The van der Waals surface area contributed by atoms with E-state index in [2.05, 4.69) is 14.9 Å². The second-order valence-corrected chi connectivity index (χ2v) is 4.28. The Morgan fingerprint density at radius 2 is 2.29 bits per heavy atom. The average molecular weight is 346 g/mol. The van der Waals surface area contributed by atoms with Crippen molar-refractivity contribution in [2.45, 2.75) is 32.4 Å². The van der Waals surface area contributed by atoms with Crippen molar-refractivity contribution in [3.63, 3.8) is 0 Å². The summed E-state index contributed by atoms with van der Waals surface area (Å²) in [6.45, 7) is 2.61. The van der Waals surface area contributed by atoms with Gasteiger partial charge in [-0.3, -0.25) is 4.98 Å². The average Bonchev–Trinajstić information content (AvgIpc) is 3.10. The van der Waals surface area contributed by atoms with Gasteiger partial charge in [0.05, 0.1) is 12.2 Å². The Bertz CT molecular complexity index is 401. The quantitative estimate of drug-likeness (QED) is 0.517. The van der Waals surface area contributed by atoms with E-state index >= 15 is 0 Å². The number of aliphatic imine (C=N–C) groups is 1. The molecule has 1 heterocycles. The van der Waals surface area contributed by atoms with Gasteiger partial charge in [0.1, 0.15) is 0 Å². The molecule has 0 saturated heterocycles. The molecule has 0 unspecified atom stereocenters. The van der Waals surface area contributed by atoms with E-state index in [1.165, 1.54) is 12.8 Å². The number of hydrogen-bond acceptors (Lipinski definition) is 2. The minimum absolute atomic E-state index is 0. The van der Waals surface area contributed by atoms with Crippen molar-refractivity contribution < 1.29 is 0 Å². The standard InChI is InChI=1S/C12H18N4.HI/c1-9-4-3-7-14-11(9)8-15-12(13)16(2)10-5-6-10;/h3-4,7,10H,5-6,8H2,1-2H3,(H2,13,15);1H. The summed E-state index contributed by atoms with van der Waals surface area (Å²) >= 11 is 0. The van der Waals surface area contributed by atoms with Crippen LogP contribution in [0.25, 0.3) is 0 Å². The lowest BCUT2D eigenvalue weighted by Crippen LogP contribution is -2.35. The van der Waals surface area contributed by atoms with Gasteiger partial charge in [0.2, 0.25) is 0 Å². The largest absolute Gasteiger partial charge is 0.370 e. The highest BCUT2D eigenvalue weighted by molar-refractivity contribution is 14.0. The van der Waals surface area contributed by atoms with Crippen LogP contribution in [-0.4, -0.2) is 28.9 Å². The Labute approximate surface area is 119 Å². The minimum Gasteiger partial charge on any atom is -0.370 e. The topological polar surface area (TPSA) is 54.5 Å². The molecular formula is C12H19IN4. The smallest absolute Gasteiger partial charge is 0.191 e. The molecule has 1 aromatic rings. The van der Waals surface area contributed by atoms with Gasteiger partial charge in [0, 0.05) is 19.3 Å². The number of nitrogens with two attached hydrogens (primary N) is 1. The number of halogens is 1. The number of aromatic nitrogens is 1. The van der Waals surface area contributed by atoms with Gasteiger partial charge in [-0.25, -0.2) is 4.99 Å². The van der Waals surface area contributed by atoms with Gasteiger partial charge in [-0.2, -0.15) is 0 Å². The van der Waals surface area contributed by atoms with Crippen molar-refractivity contribution in [2.24, 2.45) is 10.7 Å². The number of guanidine groups is 1. The van der Waals surface area contributed by atoms with Crippen LogP contribution < -0.4 is 5.73 Å². The molecule has 2 rings (SSSR count). The maximum Gasteiger partial charge on any atom is 0.191 e. The molecular weight excluding hydrogens is 327 g/mol. The van der Waals surface area contributed by atoms with E-state index in [0.29, 0.717) is 18.5 Å². The van der Waals surface area contributed by atoms with Crippen molar-refractivity contribution in [1.82, 2.24) is 9.88 Å². The molecule has 5 heteroatoms. The third-order valence-corrected chi connectivity index (χ3v) is 2.96. The van der Waals surface area contributed by atoms with E-state index in [1.54, 1.807) is 6.20 Å². The molecule has 0 amide bonds. The summed E-state index contributed by atoms with van der Waals surface area (Å²) in [6.07, 6.45) is 4.25. The number of pyridine rings is 1. The fraction of sp³-hybridized carbons (Fsp3) is 0.500. The van der Waals surface area contributed by atoms with Gasteiger partial charge >= 0.3 is 0 Å². The van der Waals surface area contributed by atoms with E-state index < -0.39 is 0 Å². The lowest BCUT2D eigenvalue weighted by Gasteiger charge is -2.16. The first-order valence-corrected chi connectivity index (χ1v) is 5.61. The Balaban J connectivity index is 0.00000144. The summed E-state index contributed by atoms with van der Waals surface area (Å²) in [6, 6.07) is 4.58. The third kappa shape index (κ3) is 3.83. The Kier molecular flexibility index (Phi) is 5.17. The van der Waals surface area contributed by atoms with Crippen molar-refractivity contribution >= 4 is 29.9 Å². The molecule has 1 fully saturated rings. The minimum atomic E-state index is 0. The predicted molar refractivity (Wildman–Crippen MR) is 80.5 cm³/mol. The molecule has 0 aromatic carbocycles. The molecule has 0 spiro atoms. The Morgan fingerprint density at radius 3 is 2.88 bits per heavy atom. The van der Waals surface area contributed by atoms with Gasteiger partial charge in [-0.1, -0.05) is 6.07 Å². The molecule has 0 radical (unpaired) electrons. The monoisotopic (exact) mass is 346 g/mol. The lowest BCUT2D eigenvalue weighted by atomic mass is 10.2. The first-order chi connectivity index (χ1) is 7.68. The van der Waals surface area contributed by atoms with Crippen LogP contribution >= 0.6 is 24.0 Å². The molecule has 0 bridgehead atoms. The summed E-state index contributed by atoms with van der Waals surface area (Å²) in [5.74, 6) is 0.618. The first kappa shape index (κ1) is 14.2. The summed E-state index contributed by atoms with van der Waals surface area (Å²) in [5, 5.41) is 0. The zero-order valence-corrected chi connectivity index (χ0v) is 12.6. The molecule has 1 aromatic heterocycles. The van der Waals surface area contributed by atoms with E-state index in [-0.39, 0.29) is 24.0 Å². The highest BCUT2D eigenvalue weighted by Crippen LogP contribution is 2.24. The van der Waals surface area contributed by atoms with E-state index in [0.717, 1.165) is 11.3 Å². The van der Waals surface area contributed by atoms with Crippen LogP contribution in [0.5, 0.6) is 0 Å². The molecule has 4 nitrogen and oxygen atoms in total. The lowest BCUT2D eigenvalue weighted by molar-refractivity contribution is 0.487. The summed E-state index contributed by atoms with van der Waals surface area (Å²) < 4.78 is 0. The number of nitrogens with zero attached hydrogens (tertiary/aromatic N) is 3. The molecule has 1 aliphatic carbocycles. The molecule has 94 valence electrons. The maximum atomic E-state index is 5.90. The van der Waals surface area contributed by atoms with Crippen LogP contribution in [0.15, 0.2) is 23.3 Å². The predicted octanol–water partition coefficient (Wildman–Crippen LogP) is 1.92. The van der Waals surface area contributed by atoms with Crippen molar-refractivity contribution in [2.75, 3.05) is 7.05 Å². The van der Waals surface area contributed by atoms with Crippen LogP contribution in [0.3, 0.4) is 0 Å². The van der Waals surface area contributed by atoms with Crippen LogP contribution in [0, 0.1) is 6.92 Å². The second kappa shape index (κ2) is 6.18. The van der Waals surface area contributed by atoms with Crippen molar-refractivity contribution in [1.29, 1.82) is 0 Å². The first-order valence-electron chi connectivity index (χ1n) is 5.61. The third-order valence-electron chi connectivity index (χ3n) is 2.96. The van der Waals surface area contributed by atoms with Crippen LogP contribution in [0.2, 0.25) is 0 Å². The van der Waals surface area contributed by atoms with E-state index in [1.807, 2.05) is 26.1 Å². The fourth-order valence-corrected chi connectivity index (χ4v) is 1.60. The SMILES string of the molecule is Cc1cccnc1CN=C(N)N(C)C1CC1.I. The number of rotatable bonds is 3. The second-order valence-electron chi connectivity index (χ2n) is 4.28. The van der Waals surface area contributed by atoms with Crippen LogP contribution in [0.1, 0.15) is 24.1 Å². The fourth-order valence-electron chi connectivity index (χ4n) is 1.60. The molecule has 1 saturated carbocycles. The van der Waals surface area contributed by atoms with Gasteiger partial charge in [-0.05, 0) is 31.4 Å². The van der Waals surface area contributed by atoms with Gasteiger partial charge < -0.3 is 10.6 Å². The summed E-state index contributed by atoms with van der Waals surface area (Å²) in [5.41, 5.74) is 8.06. The normalized spacial score (nSPS) is 15.3.